The fraction of sp³-hybridized carbons (Fsp3) is 0.455. The van der Waals surface area contributed by atoms with Crippen molar-refractivity contribution in [1.29, 1.82) is 0 Å². The summed E-state index contributed by atoms with van der Waals surface area (Å²) in [5, 5.41) is 0. The van der Waals surface area contributed by atoms with Crippen molar-refractivity contribution in [1.82, 2.24) is 0 Å². The molecule has 0 fully saturated rings. The maximum absolute atomic E-state index is 9.11. The van der Waals surface area contributed by atoms with Crippen LogP contribution < -0.4 is 0 Å². The van der Waals surface area contributed by atoms with Crippen LogP contribution in [0, 0.1) is 6.92 Å². The average Bonchev–Trinajstić information content (AvgIpc) is 2.14. The molecule has 2 nitrogen and oxygen atoms in total. The van der Waals surface area contributed by atoms with Gasteiger partial charge in [-0.05, 0) is 0 Å². The van der Waals surface area contributed by atoms with Crippen LogP contribution in [-0.4, -0.2) is 15.9 Å². The molecule has 0 aliphatic carbocycles. The number of benzene rings is 1. The van der Waals surface area contributed by atoms with Crippen LogP contribution in [0.3, 0.4) is 0 Å². The Kier molecular flexibility index (Phi) is 5.07. The van der Waals surface area contributed by atoms with Crippen LogP contribution in [0.5, 0.6) is 0 Å². The monoisotopic (exact) mass is 246 g/mol. The van der Waals surface area contributed by atoms with E-state index in [1.807, 2.05) is 0 Å². The van der Waals surface area contributed by atoms with Gasteiger partial charge in [-0.15, -0.1) is 0 Å². The number of hydrogen-bond acceptors (Lipinski definition) is 3. The molecule has 0 saturated carbocycles. The Hall–Kier alpha value is -0.0800. The molecule has 0 bridgehead atoms. The van der Waals surface area contributed by atoms with Crippen LogP contribution in [0.2, 0.25) is 0 Å². The first-order valence-corrected chi connectivity index (χ1v) is 8.59. The van der Waals surface area contributed by atoms with Crippen LogP contribution >= 0.6 is 19.2 Å². The standard InChI is InChI=1S/C11H19O2PS/c1-10-5-7-11(8-6-10)4-2-3-9-14(12,13)15/h5-8,12-15H,2-4,9H2,1H3. The Morgan fingerprint density at radius 3 is 2.27 bits per heavy atom. The number of unbranched alkanes of at least 4 members (excludes halogenated alkanes) is 1. The molecule has 1 aromatic rings. The number of rotatable bonds is 5. The normalized spacial score (nSPS) is 12.8. The van der Waals surface area contributed by atoms with Crippen molar-refractivity contribution in [3.63, 3.8) is 0 Å². The Bertz CT molecular complexity index is 292. The maximum atomic E-state index is 9.11. The molecule has 0 amide bonds. The molecule has 2 N–H and O–H groups in total. The van der Waals surface area contributed by atoms with E-state index in [0.717, 1.165) is 19.3 Å². The van der Waals surface area contributed by atoms with E-state index in [1.165, 1.54) is 11.1 Å². The van der Waals surface area contributed by atoms with Crippen molar-refractivity contribution >= 4 is 19.2 Å². The SMILES string of the molecule is Cc1ccc(CCCC[PH](O)(O)S)cc1. The zero-order chi connectivity index (χ0) is 11.3. The van der Waals surface area contributed by atoms with Gasteiger partial charge in [0.05, 0.1) is 0 Å². The third-order valence-corrected chi connectivity index (χ3v) is 4.04. The van der Waals surface area contributed by atoms with Gasteiger partial charge in [-0.2, -0.15) is 0 Å². The summed E-state index contributed by atoms with van der Waals surface area (Å²) in [5.74, 6) is 0. The number of hydrogen-bond donors (Lipinski definition) is 3. The summed E-state index contributed by atoms with van der Waals surface area (Å²) < 4.78 is 0. The second-order valence-electron chi connectivity index (χ2n) is 3.97. The number of aryl methyl sites for hydroxylation is 2. The first-order valence-electron chi connectivity index (χ1n) is 5.20. The third kappa shape index (κ3) is 6.16. The van der Waals surface area contributed by atoms with Crippen molar-refractivity contribution in [2.24, 2.45) is 0 Å². The summed E-state index contributed by atoms with van der Waals surface area (Å²) in [6.45, 7) is -1.04. The van der Waals surface area contributed by atoms with E-state index in [1.54, 1.807) is 0 Å². The van der Waals surface area contributed by atoms with Crippen LogP contribution in [-0.2, 0) is 6.42 Å². The zero-order valence-electron chi connectivity index (χ0n) is 8.98. The molecular formula is C11H19O2PS. The molecule has 15 heavy (non-hydrogen) atoms. The Labute approximate surface area is 97.0 Å². The molecule has 1 aromatic carbocycles. The van der Waals surface area contributed by atoms with Crippen molar-refractivity contribution in [2.45, 2.75) is 26.2 Å². The molecular weight excluding hydrogens is 227 g/mol. The van der Waals surface area contributed by atoms with Crippen molar-refractivity contribution in [2.75, 3.05) is 6.16 Å². The molecule has 0 aromatic heterocycles. The summed E-state index contributed by atoms with van der Waals surface area (Å²) in [4.78, 5) is 18.2. The Morgan fingerprint density at radius 2 is 1.73 bits per heavy atom. The van der Waals surface area contributed by atoms with Crippen LogP contribution in [0.1, 0.15) is 24.0 Å². The van der Waals surface area contributed by atoms with Gasteiger partial charge in [0.15, 0.2) is 0 Å². The van der Waals surface area contributed by atoms with Gasteiger partial charge in [0.2, 0.25) is 0 Å². The van der Waals surface area contributed by atoms with Gasteiger partial charge in [-0.3, -0.25) is 0 Å². The second-order valence-corrected chi connectivity index (χ2v) is 8.16. The fourth-order valence-electron chi connectivity index (χ4n) is 1.45. The topological polar surface area (TPSA) is 40.5 Å². The summed E-state index contributed by atoms with van der Waals surface area (Å²) in [6, 6.07) is 8.45. The van der Waals surface area contributed by atoms with Gasteiger partial charge >= 0.3 is 96.7 Å². The molecule has 0 atom stereocenters. The van der Waals surface area contributed by atoms with E-state index >= 15 is 0 Å². The summed E-state index contributed by atoms with van der Waals surface area (Å²) in [5.41, 5.74) is 2.58. The van der Waals surface area contributed by atoms with Gasteiger partial charge < -0.3 is 0 Å². The predicted molar refractivity (Wildman–Crippen MR) is 70.7 cm³/mol. The molecule has 0 unspecified atom stereocenters. The molecule has 0 aliphatic heterocycles. The fourth-order valence-corrected chi connectivity index (χ4v) is 2.64. The van der Waals surface area contributed by atoms with E-state index < -0.39 is 6.92 Å². The van der Waals surface area contributed by atoms with Crippen molar-refractivity contribution < 1.29 is 9.79 Å². The van der Waals surface area contributed by atoms with Crippen LogP contribution in [0.25, 0.3) is 0 Å². The van der Waals surface area contributed by atoms with Crippen LogP contribution in [0.15, 0.2) is 24.3 Å². The molecule has 0 spiro atoms. The summed E-state index contributed by atoms with van der Waals surface area (Å²) in [7, 11) is 0. The van der Waals surface area contributed by atoms with Crippen molar-refractivity contribution in [3.05, 3.63) is 35.4 Å². The predicted octanol–water partition coefficient (Wildman–Crippen LogP) is 2.73. The minimum atomic E-state index is -3.11. The molecule has 86 valence electrons. The van der Waals surface area contributed by atoms with Gasteiger partial charge in [0.25, 0.3) is 0 Å². The van der Waals surface area contributed by atoms with E-state index in [4.69, 9.17) is 9.79 Å². The van der Waals surface area contributed by atoms with E-state index in [2.05, 4.69) is 43.4 Å². The van der Waals surface area contributed by atoms with Gasteiger partial charge in [-0.1, -0.05) is 0 Å². The minimum absolute atomic E-state index is 0.446. The zero-order valence-corrected chi connectivity index (χ0v) is 10.9. The Morgan fingerprint density at radius 1 is 1.13 bits per heavy atom. The molecule has 0 saturated heterocycles. The molecule has 1 rings (SSSR count). The Balaban J connectivity index is 2.23. The van der Waals surface area contributed by atoms with E-state index in [-0.39, 0.29) is 0 Å². The van der Waals surface area contributed by atoms with Crippen molar-refractivity contribution in [3.8, 4) is 0 Å². The third-order valence-electron chi connectivity index (χ3n) is 2.35. The number of thiol groups is 1. The van der Waals surface area contributed by atoms with Gasteiger partial charge in [-0.25, -0.2) is 0 Å². The average molecular weight is 246 g/mol. The first kappa shape index (κ1) is 13.0. The molecule has 0 radical (unpaired) electrons. The molecule has 0 heterocycles. The van der Waals surface area contributed by atoms with E-state index in [0.29, 0.717) is 6.16 Å². The summed E-state index contributed by atoms with van der Waals surface area (Å²) in [6.07, 6.45) is 3.26. The van der Waals surface area contributed by atoms with Gasteiger partial charge in [0, 0.05) is 0 Å². The summed E-state index contributed by atoms with van der Waals surface area (Å²) >= 11 is 3.78. The first-order chi connectivity index (χ1) is 6.97. The second kappa shape index (κ2) is 5.86. The molecule has 0 aliphatic rings. The van der Waals surface area contributed by atoms with E-state index in [9.17, 15) is 0 Å². The van der Waals surface area contributed by atoms with Crippen LogP contribution in [0.4, 0.5) is 0 Å². The van der Waals surface area contributed by atoms with Gasteiger partial charge in [0.1, 0.15) is 0 Å². The molecule has 4 heteroatoms. The quantitative estimate of drug-likeness (QED) is 0.425.